The highest BCUT2D eigenvalue weighted by molar-refractivity contribution is 7.91. The van der Waals surface area contributed by atoms with Crippen molar-refractivity contribution in [1.29, 1.82) is 0 Å². The number of sulfonamides is 1. The molecule has 0 saturated heterocycles. The van der Waals surface area contributed by atoms with Gasteiger partial charge in [0.15, 0.2) is 8.68 Å². The molecular weight excluding hydrogens is 326 g/mol. The molecule has 0 fully saturated rings. The van der Waals surface area contributed by atoms with E-state index >= 15 is 0 Å². The summed E-state index contributed by atoms with van der Waals surface area (Å²) in [7, 11) is -3.62. The minimum Gasteiger partial charge on any atom is -0.248 e. The van der Waals surface area contributed by atoms with Crippen molar-refractivity contribution in [2.75, 3.05) is 0 Å². The van der Waals surface area contributed by atoms with Gasteiger partial charge in [-0.15, -0.1) is 11.3 Å². The van der Waals surface area contributed by atoms with E-state index in [-0.39, 0.29) is 14.7 Å². The number of rotatable bonds is 5. The lowest BCUT2D eigenvalue weighted by atomic mass is 10.3. The summed E-state index contributed by atoms with van der Waals surface area (Å²) in [5.41, 5.74) is 0.413. The number of halogens is 1. The average molecular weight is 338 g/mol. The number of hydrogen-bond acceptors (Lipinski definition) is 6. The smallest absolute Gasteiger partial charge is 0.248 e. The predicted octanol–water partition coefficient (Wildman–Crippen LogP) is 2.99. The van der Waals surface area contributed by atoms with Crippen molar-refractivity contribution in [3.8, 4) is 0 Å². The summed E-state index contributed by atoms with van der Waals surface area (Å²) in [5.74, 6) is 0. The molecule has 1 N–H and O–H groups in total. The fourth-order valence-electron chi connectivity index (χ4n) is 1.56. The number of aromatic nitrogens is 2. The molecule has 1 atom stereocenters. The molecule has 0 spiro atoms. The Balaban J connectivity index is 2.28. The van der Waals surface area contributed by atoms with Crippen LogP contribution in [0.25, 0.3) is 0 Å². The van der Waals surface area contributed by atoms with E-state index in [1.165, 1.54) is 11.3 Å². The van der Waals surface area contributed by atoms with Gasteiger partial charge in [0, 0.05) is 11.6 Å². The molecular formula is C10H12ClN3O2S3. The first-order valence-corrected chi connectivity index (χ1v) is 9.04. The zero-order chi connectivity index (χ0) is 14.0. The van der Waals surface area contributed by atoms with Gasteiger partial charge in [0.1, 0.15) is 5.01 Å². The molecule has 9 heteroatoms. The predicted molar refractivity (Wildman–Crippen MR) is 77.3 cm³/mol. The minimum absolute atomic E-state index is 0.160. The van der Waals surface area contributed by atoms with Crippen LogP contribution >= 0.6 is 34.3 Å². The first-order chi connectivity index (χ1) is 8.94. The molecule has 2 aromatic rings. The molecule has 0 aromatic carbocycles. The van der Waals surface area contributed by atoms with Gasteiger partial charge in [-0.2, -0.15) is 0 Å². The van der Waals surface area contributed by atoms with Gasteiger partial charge in [-0.25, -0.2) is 23.1 Å². The van der Waals surface area contributed by atoms with Gasteiger partial charge >= 0.3 is 0 Å². The molecule has 5 nitrogen and oxygen atoms in total. The van der Waals surface area contributed by atoms with Crippen LogP contribution in [0.15, 0.2) is 15.8 Å². The summed E-state index contributed by atoms with van der Waals surface area (Å²) < 4.78 is 27.6. The zero-order valence-corrected chi connectivity index (χ0v) is 13.5. The average Bonchev–Trinajstić information content (AvgIpc) is 2.96. The molecule has 19 heavy (non-hydrogen) atoms. The number of nitrogens with one attached hydrogen (secondary N) is 1. The van der Waals surface area contributed by atoms with Crippen LogP contribution in [0.1, 0.15) is 30.1 Å². The quantitative estimate of drug-likeness (QED) is 0.910. The molecule has 104 valence electrons. The molecule has 0 aliphatic rings. The van der Waals surface area contributed by atoms with Crippen molar-refractivity contribution in [3.63, 3.8) is 0 Å². The molecule has 0 bridgehead atoms. The van der Waals surface area contributed by atoms with Crippen molar-refractivity contribution in [2.24, 2.45) is 0 Å². The summed E-state index contributed by atoms with van der Waals surface area (Å²) in [4.78, 5) is 8.07. The summed E-state index contributed by atoms with van der Waals surface area (Å²) in [5, 5.41) is 2.57. The standard InChI is InChI=1S/C10H12ClN3O2S3/c1-3-7(8-12-4-5-17-8)14-19(15,16)9-6(2)13-10(11)18-9/h4-5,7,14H,3H2,1-2H3. The monoisotopic (exact) mass is 337 g/mol. The molecule has 2 aromatic heterocycles. The normalized spacial score (nSPS) is 13.6. The molecule has 2 heterocycles. The second-order valence-corrected chi connectivity index (χ2v) is 8.21. The Morgan fingerprint density at radius 2 is 2.26 bits per heavy atom. The molecule has 0 aliphatic carbocycles. The van der Waals surface area contributed by atoms with Crippen LogP contribution < -0.4 is 4.72 Å². The number of hydrogen-bond donors (Lipinski definition) is 1. The Morgan fingerprint density at radius 3 is 2.74 bits per heavy atom. The van der Waals surface area contributed by atoms with E-state index in [1.807, 2.05) is 12.3 Å². The maximum atomic E-state index is 12.3. The first kappa shape index (κ1) is 14.9. The zero-order valence-electron chi connectivity index (χ0n) is 10.3. The van der Waals surface area contributed by atoms with Gasteiger partial charge in [0.05, 0.1) is 11.7 Å². The van der Waals surface area contributed by atoms with Gasteiger partial charge < -0.3 is 0 Å². The van der Waals surface area contributed by atoms with Gasteiger partial charge in [0.25, 0.3) is 10.0 Å². The lowest BCUT2D eigenvalue weighted by Gasteiger charge is -2.13. The number of aryl methyl sites for hydroxylation is 1. The van der Waals surface area contributed by atoms with E-state index in [0.717, 1.165) is 16.3 Å². The molecule has 0 saturated carbocycles. The van der Waals surface area contributed by atoms with Crippen molar-refractivity contribution >= 4 is 44.3 Å². The lowest BCUT2D eigenvalue weighted by Crippen LogP contribution is -2.28. The molecule has 0 radical (unpaired) electrons. The minimum atomic E-state index is -3.62. The van der Waals surface area contributed by atoms with Gasteiger partial charge in [0.2, 0.25) is 0 Å². The maximum Gasteiger partial charge on any atom is 0.252 e. The third-order valence-electron chi connectivity index (χ3n) is 2.43. The van der Waals surface area contributed by atoms with E-state index < -0.39 is 10.0 Å². The van der Waals surface area contributed by atoms with Crippen LogP contribution in [0.4, 0.5) is 0 Å². The Morgan fingerprint density at radius 1 is 1.53 bits per heavy atom. The van der Waals surface area contributed by atoms with Crippen LogP contribution in [-0.4, -0.2) is 18.4 Å². The lowest BCUT2D eigenvalue weighted by molar-refractivity contribution is 0.550. The molecule has 0 aliphatic heterocycles. The Labute approximate surface area is 124 Å². The summed E-state index contributed by atoms with van der Waals surface area (Å²) >= 11 is 8.13. The number of nitrogens with zero attached hydrogens (tertiary/aromatic N) is 2. The van der Waals surface area contributed by atoms with Gasteiger partial charge in [-0.3, -0.25) is 0 Å². The Hall–Kier alpha value is -0.540. The first-order valence-electron chi connectivity index (χ1n) is 5.48. The van der Waals surface area contributed by atoms with E-state index in [4.69, 9.17) is 11.6 Å². The van der Waals surface area contributed by atoms with Crippen LogP contribution in [0, 0.1) is 6.92 Å². The van der Waals surface area contributed by atoms with Crippen LogP contribution in [-0.2, 0) is 10.0 Å². The highest BCUT2D eigenvalue weighted by atomic mass is 35.5. The molecule has 1 unspecified atom stereocenters. The Bertz CT molecular complexity index is 652. The van der Waals surface area contributed by atoms with E-state index in [0.29, 0.717) is 12.1 Å². The van der Waals surface area contributed by atoms with E-state index in [2.05, 4.69) is 14.7 Å². The van der Waals surface area contributed by atoms with E-state index in [1.54, 1.807) is 13.1 Å². The third kappa shape index (κ3) is 3.32. The molecule has 2 rings (SSSR count). The van der Waals surface area contributed by atoms with E-state index in [9.17, 15) is 8.42 Å². The Kier molecular flexibility index (Phi) is 4.57. The highest BCUT2D eigenvalue weighted by Crippen LogP contribution is 2.29. The topological polar surface area (TPSA) is 72.0 Å². The fraction of sp³-hybridized carbons (Fsp3) is 0.400. The highest BCUT2D eigenvalue weighted by Gasteiger charge is 2.26. The second kappa shape index (κ2) is 5.84. The summed E-state index contributed by atoms with van der Waals surface area (Å²) in [6.45, 7) is 3.53. The molecule has 0 amide bonds. The summed E-state index contributed by atoms with van der Waals surface area (Å²) in [6.07, 6.45) is 2.28. The van der Waals surface area contributed by atoms with Crippen molar-refractivity contribution in [3.05, 3.63) is 26.7 Å². The van der Waals surface area contributed by atoms with Crippen molar-refractivity contribution in [2.45, 2.75) is 30.5 Å². The fourth-order valence-corrected chi connectivity index (χ4v) is 5.44. The summed E-state index contributed by atoms with van der Waals surface area (Å²) in [6, 6.07) is -0.328. The third-order valence-corrected chi connectivity index (χ3v) is 6.66. The van der Waals surface area contributed by atoms with Crippen LogP contribution in [0.3, 0.4) is 0 Å². The maximum absolute atomic E-state index is 12.3. The van der Waals surface area contributed by atoms with Crippen molar-refractivity contribution in [1.82, 2.24) is 14.7 Å². The van der Waals surface area contributed by atoms with Crippen LogP contribution in [0.5, 0.6) is 0 Å². The van der Waals surface area contributed by atoms with Gasteiger partial charge in [-0.1, -0.05) is 29.9 Å². The van der Waals surface area contributed by atoms with Gasteiger partial charge in [-0.05, 0) is 13.3 Å². The largest absolute Gasteiger partial charge is 0.252 e. The number of thiazole rings is 2. The van der Waals surface area contributed by atoms with Crippen LogP contribution in [0.2, 0.25) is 4.47 Å². The second-order valence-electron chi connectivity index (χ2n) is 3.79. The van der Waals surface area contributed by atoms with Crippen molar-refractivity contribution < 1.29 is 8.42 Å². The SMILES string of the molecule is CCC(NS(=O)(=O)c1sc(Cl)nc1C)c1nccs1.